The van der Waals surface area contributed by atoms with Gasteiger partial charge in [-0.05, 0) is 37.5 Å². The third kappa shape index (κ3) is 5.19. The Morgan fingerprint density at radius 1 is 1.25 bits per heavy atom. The van der Waals surface area contributed by atoms with Crippen LogP contribution in [0.2, 0.25) is 0 Å². The monoisotopic (exact) mass is 373 g/mol. The summed E-state index contributed by atoms with van der Waals surface area (Å²) >= 11 is 0. The van der Waals surface area contributed by atoms with Gasteiger partial charge in [-0.3, -0.25) is 4.79 Å². The Balaban J connectivity index is 0.00000264. The van der Waals surface area contributed by atoms with Crippen LogP contribution in [0.5, 0.6) is 0 Å². The van der Waals surface area contributed by atoms with E-state index in [9.17, 15) is 4.79 Å². The summed E-state index contributed by atoms with van der Waals surface area (Å²) in [5.74, 6) is 0.497. The van der Waals surface area contributed by atoms with Gasteiger partial charge in [-0.15, -0.1) is 24.8 Å². The van der Waals surface area contributed by atoms with Crippen molar-refractivity contribution in [2.45, 2.75) is 40.7 Å². The van der Waals surface area contributed by atoms with Gasteiger partial charge in [0.15, 0.2) is 5.82 Å². The molecule has 1 atom stereocenters. The predicted octanol–water partition coefficient (Wildman–Crippen LogP) is 3.04. The molecule has 0 radical (unpaired) electrons. The topological polar surface area (TPSA) is 85.8 Å². The highest BCUT2D eigenvalue weighted by Gasteiger charge is 2.27. The maximum Gasteiger partial charge on any atom is 0.241 e. The molecule has 1 amide bonds. The average Bonchev–Trinajstić information content (AvgIpc) is 2.76. The number of halogens is 2. The molecule has 134 valence electrons. The maximum absolute atomic E-state index is 12.1. The summed E-state index contributed by atoms with van der Waals surface area (Å²) < 4.78 is 1.77. The molecule has 24 heavy (non-hydrogen) atoms. The van der Waals surface area contributed by atoms with Gasteiger partial charge in [0.05, 0.1) is 23.6 Å². The van der Waals surface area contributed by atoms with E-state index in [2.05, 4.69) is 15.4 Å². The molecular weight excluding hydrogens is 349 g/mol. The number of amides is 1. The number of nitrogens with one attached hydrogen (secondary N) is 1. The fourth-order valence-corrected chi connectivity index (χ4v) is 2.06. The molecule has 0 fully saturated rings. The summed E-state index contributed by atoms with van der Waals surface area (Å²) in [6, 6.07) is 5.02. The van der Waals surface area contributed by atoms with E-state index >= 15 is 0 Å². The number of nitrogens with two attached hydrogens (primary N) is 1. The minimum atomic E-state index is -0.580. The van der Waals surface area contributed by atoms with Crippen LogP contribution >= 0.6 is 24.8 Å². The third-order valence-corrected chi connectivity index (χ3v) is 3.46. The summed E-state index contributed by atoms with van der Waals surface area (Å²) in [5, 5.41) is 7.17. The highest BCUT2D eigenvalue weighted by atomic mass is 35.5. The molecular formula is C16H25Cl2N5O. The normalized spacial score (nSPS) is 11.9. The number of anilines is 1. The molecule has 0 saturated heterocycles. The van der Waals surface area contributed by atoms with Crippen molar-refractivity contribution in [2.75, 3.05) is 5.32 Å². The van der Waals surface area contributed by atoms with Crippen LogP contribution in [0.15, 0.2) is 24.4 Å². The van der Waals surface area contributed by atoms with Crippen molar-refractivity contribution in [1.29, 1.82) is 0 Å². The number of pyridine rings is 1. The maximum atomic E-state index is 12.1. The first-order chi connectivity index (χ1) is 10.2. The fraction of sp³-hybridized carbons (Fsp3) is 0.438. The van der Waals surface area contributed by atoms with E-state index in [4.69, 9.17) is 5.73 Å². The summed E-state index contributed by atoms with van der Waals surface area (Å²) in [7, 11) is 0. The van der Waals surface area contributed by atoms with E-state index in [0.717, 1.165) is 11.4 Å². The number of aryl methyl sites for hydroxylation is 2. The molecule has 0 unspecified atom stereocenters. The number of rotatable bonds is 3. The number of aromatic nitrogens is 3. The van der Waals surface area contributed by atoms with Gasteiger partial charge in [-0.2, -0.15) is 5.10 Å². The van der Waals surface area contributed by atoms with Gasteiger partial charge >= 0.3 is 0 Å². The average molecular weight is 374 g/mol. The van der Waals surface area contributed by atoms with Crippen molar-refractivity contribution in [1.82, 2.24) is 14.8 Å². The first-order valence-electron chi connectivity index (χ1n) is 7.24. The van der Waals surface area contributed by atoms with Crippen LogP contribution in [0.25, 0.3) is 5.82 Å². The molecule has 0 aliphatic carbocycles. The Bertz CT molecular complexity index is 677. The minimum Gasteiger partial charge on any atom is -0.323 e. The van der Waals surface area contributed by atoms with Gasteiger partial charge in [0.25, 0.3) is 0 Å². The summed E-state index contributed by atoms with van der Waals surface area (Å²) in [6.07, 6.45) is 1.61. The van der Waals surface area contributed by atoms with Crippen LogP contribution in [0, 0.1) is 19.3 Å². The molecule has 2 rings (SSSR count). The first kappa shape index (κ1) is 22.4. The SMILES string of the molecule is Cc1cc(C)n(-c2ccc(NC(=O)[C@@H](N)C(C)(C)C)cn2)n1.Cl.Cl. The van der Waals surface area contributed by atoms with Crippen LogP contribution in [0.1, 0.15) is 32.2 Å². The number of hydrogen-bond acceptors (Lipinski definition) is 4. The molecule has 0 aliphatic heterocycles. The standard InChI is InChI=1S/C16H23N5O.2ClH/c1-10-8-11(2)21(20-10)13-7-6-12(9-18-13)19-15(22)14(17)16(3,4)5;;/h6-9,14H,17H2,1-5H3,(H,19,22);2*1H/t14-;;/m1../s1. The lowest BCUT2D eigenvalue weighted by molar-refractivity contribution is -0.119. The molecule has 2 heterocycles. The second-order valence-electron chi connectivity index (χ2n) is 6.58. The molecule has 0 aromatic carbocycles. The molecule has 0 aliphatic rings. The lowest BCUT2D eigenvalue weighted by atomic mass is 9.87. The smallest absolute Gasteiger partial charge is 0.241 e. The van der Waals surface area contributed by atoms with Crippen LogP contribution in [0.3, 0.4) is 0 Å². The largest absolute Gasteiger partial charge is 0.323 e. The van der Waals surface area contributed by atoms with E-state index in [0.29, 0.717) is 11.5 Å². The van der Waals surface area contributed by atoms with E-state index in [1.165, 1.54) is 0 Å². The fourth-order valence-electron chi connectivity index (χ4n) is 2.06. The molecule has 6 nitrogen and oxygen atoms in total. The van der Waals surface area contributed by atoms with Crippen molar-refractivity contribution in [3.63, 3.8) is 0 Å². The minimum absolute atomic E-state index is 0. The Morgan fingerprint density at radius 3 is 2.29 bits per heavy atom. The third-order valence-electron chi connectivity index (χ3n) is 3.46. The van der Waals surface area contributed by atoms with Crippen LogP contribution in [-0.2, 0) is 4.79 Å². The second kappa shape index (κ2) is 8.46. The number of carbonyl (C=O) groups is 1. The van der Waals surface area contributed by atoms with E-state index < -0.39 is 6.04 Å². The quantitative estimate of drug-likeness (QED) is 0.865. The summed E-state index contributed by atoms with van der Waals surface area (Å²) in [6.45, 7) is 9.70. The number of carbonyl (C=O) groups excluding carboxylic acids is 1. The molecule has 2 aromatic heterocycles. The van der Waals surface area contributed by atoms with Crippen LogP contribution in [0.4, 0.5) is 5.69 Å². The molecule has 0 saturated carbocycles. The van der Waals surface area contributed by atoms with Crippen LogP contribution < -0.4 is 11.1 Å². The number of hydrogen-bond donors (Lipinski definition) is 2. The van der Waals surface area contributed by atoms with Gasteiger partial charge in [0.1, 0.15) is 0 Å². The lowest BCUT2D eigenvalue weighted by Gasteiger charge is -2.25. The zero-order valence-corrected chi connectivity index (χ0v) is 16.2. The summed E-state index contributed by atoms with van der Waals surface area (Å²) in [4.78, 5) is 16.4. The summed E-state index contributed by atoms with van der Waals surface area (Å²) in [5.41, 5.74) is 8.22. The number of nitrogens with zero attached hydrogens (tertiary/aromatic N) is 3. The Labute approximate surface area is 155 Å². The van der Waals surface area contributed by atoms with E-state index in [-0.39, 0.29) is 36.1 Å². The zero-order chi connectivity index (χ0) is 16.5. The Morgan fingerprint density at radius 2 is 1.88 bits per heavy atom. The molecule has 0 bridgehead atoms. The molecule has 0 spiro atoms. The first-order valence-corrected chi connectivity index (χ1v) is 7.24. The lowest BCUT2D eigenvalue weighted by Crippen LogP contribution is -2.45. The van der Waals surface area contributed by atoms with E-state index in [1.54, 1.807) is 16.9 Å². The van der Waals surface area contributed by atoms with E-state index in [1.807, 2.05) is 46.8 Å². The Hall–Kier alpha value is -1.63. The van der Waals surface area contributed by atoms with Crippen molar-refractivity contribution in [3.8, 4) is 5.82 Å². The van der Waals surface area contributed by atoms with Crippen molar-refractivity contribution >= 4 is 36.4 Å². The highest BCUT2D eigenvalue weighted by Crippen LogP contribution is 2.19. The highest BCUT2D eigenvalue weighted by molar-refractivity contribution is 5.95. The Kier molecular flexibility index (Phi) is 7.89. The van der Waals surface area contributed by atoms with Gasteiger partial charge in [0.2, 0.25) is 5.91 Å². The van der Waals surface area contributed by atoms with Gasteiger partial charge in [-0.1, -0.05) is 20.8 Å². The molecule has 2 aromatic rings. The predicted molar refractivity (Wildman–Crippen MR) is 101 cm³/mol. The van der Waals surface area contributed by atoms with Crippen LogP contribution in [-0.4, -0.2) is 26.7 Å². The molecule has 3 N–H and O–H groups in total. The van der Waals surface area contributed by atoms with Crippen molar-refractivity contribution in [3.05, 3.63) is 35.8 Å². The zero-order valence-electron chi connectivity index (χ0n) is 14.5. The van der Waals surface area contributed by atoms with Gasteiger partial charge in [0, 0.05) is 5.69 Å². The second-order valence-corrected chi connectivity index (χ2v) is 6.58. The van der Waals surface area contributed by atoms with Crippen molar-refractivity contribution in [2.24, 2.45) is 11.1 Å². The van der Waals surface area contributed by atoms with Gasteiger partial charge < -0.3 is 11.1 Å². The molecule has 8 heteroatoms. The van der Waals surface area contributed by atoms with Gasteiger partial charge in [-0.25, -0.2) is 9.67 Å². The van der Waals surface area contributed by atoms with Crippen molar-refractivity contribution < 1.29 is 4.79 Å².